The predicted molar refractivity (Wildman–Crippen MR) is 120 cm³/mol. The Hall–Kier alpha value is -2.93. The number of anilines is 1. The molecular weight excluding hydrogens is 430 g/mol. The molecule has 0 aliphatic carbocycles. The lowest BCUT2D eigenvalue weighted by Gasteiger charge is -2.12. The molecule has 4 aromatic rings. The summed E-state index contributed by atoms with van der Waals surface area (Å²) in [6.07, 6.45) is 0.824. The molecular formula is C22H22BrN5O. The second-order valence-corrected chi connectivity index (χ2v) is 8.05. The molecule has 1 atom stereocenters. The highest BCUT2D eigenvalue weighted by molar-refractivity contribution is 9.10. The van der Waals surface area contributed by atoms with Crippen LogP contribution in [0.3, 0.4) is 0 Å². The van der Waals surface area contributed by atoms with Gasteiger partial charge in [-0.3, -0.25) is 9.36 Å². The van der Waals surface area contributed by atoms with E-state index >= 15 is 0 Å². The summed E-state index contributed by atoms with van der Waals surface area (Å²) in [5.74, 6) is 0.0943. The Bertz CT molecular complexity index is 1250. The number of nitrogens with one attached hydrogen (secondary N) is 1. The van der Waals surface area contributed by atoms with E-state index in [0.717, 1.165) is 33.2 Å². The van der Waals surface area contributed by atoms with Crippen LogP contribution in [0.1, 0.15) is 36.2 Å². The normalized spacial score (nSPS) is 12.4. The number of aryl methyl sites for hydroxylation is 1. The summed E-state index contributed by atoms with van der Waals surface area (Å²) in [6.45, 7) is 6.00. The van der Waals surface area contributed by atoms with Crippen molar-refractivity contribution in [1.82, 2.24) is 19.9 Å². The van der Waals surface area contributed by atoms with Crippen LogP contribution >= 0.6 is 15.9 Å². The summed E-state index contributed by atoms with van der Waals surface area (Å²) >= 11 is 3.53. The number of amides is 1. The number of hydrogen-bond donors (Lipinski definition) is 2. The van der Waals surface area contributed by atoms with Gasteiger partial charge < -0.3 is 11.1 Å². The molecule has 0 radical (unpaired) electrons. The Labute approximate surface area is 177 Å². The minimum atomic E-state index is -0.237. The Morgan fingerprint density at radius 3 is 2.55 bits per heavy atom. The zero-order chi connectivity index (χ0) is 20.7. The van der Waals surface area contributed by atoms with E-state index in [9.17, 15) is 4.79 Å². The number of carbonyl (C=O) groups is 1. The van der Waals surface area contributed by atoms with E-state index < -0.39 is 0 Å². The molecule has 0 saturated carbocycles. The monoisotopic (exact) mass is 451 g/mol. The van der Waals surface area contributed by atoms with E-state index in [4.69, 9.17) is 15.7 Å². The van der Waals surface area contributed by atoms with Crippen molar-refractivity contribution >= 4 is 49.9 Å². The van der Waals surface area contributed by atoms with E-state index in [1.54, 1.807) is 4.57 Å². The first kappa shape index (κ1) is 19.4. The highest BCUT2D eigenvalue weighted by Gasteiger charge is 2.25. The molecule has 0 aliphatic heterocycles. The fourth-order valence-electron chi connectivity index (χ4n) is 3.31. The lowest BCUT2D eigenvalue weighted by Crippen LogP contribution is -2.32. The van der Waals surface area contributed by atoms with Crippen LogP contribution in [0, 0.1) is 6.92 Å². The molecule has 2 aromatic carbocycles. The first-order chi connectivity index (χ1) is 13.9. The summed E-state index contributed by atoms with van der Waals surface area (Å²) < 4.78 is 2.81. The van der Waals surface area contributed by atoms with Crippen molar-refractivity contribution in [3.05, 3.63) is 58.1 Å². The summed E-state index contributed by atoms with van der Waals surface area (Å²) in [7, 11) is 0. The van der Waals surface area contributed by atoms with Gasteiger partial charge in [-0.05, 0) is 56.2 Å². The summed E-state index contributed by atoms with van der Waals surface area (Å²) in [4.78, 5) is 22.6. The van der Waals surface area contributed by atoms with Crippen molar-refractivity contribution in [3.63, 3.8) is 0 Å². The average Bonchev–Trinajstić information content (AvgIpc) is 2.99. The molecule has 2 heterocycles. The molecule has 148 valence electrons. The Morgan fingerprint density at radius 2 is 1.90 bits per heavy atom. The topological polar surface area (TPSA) is 85.8 Å². The van der Waals surface area contributed by atoms with Gasteiger partial charge in [0.05, 0.1) is 11.0 Å². The van der Waals surface area contributed by atoms with Crippen LogP contribution in [0.4, 0.5) is 5.82 Å². The molecule has 4 rings (SSSR count). The Balaban J connectivity index is 2.04. The van der Waals surface area contributed by atoms with E-state index in [1.165, 1.54) is 0 Å². The molecule has 3 N–H and O–H groups in total. The van der Waals surface area contributed by atoms with E-state index in [-0.39, 0.29) is 11.9 Å². The number of aromatic nitrogens is 3. The Morgan fingerprint density at radius 1 is 1.21 bits per heavy atom. The lowest BCUT2D eigenvalue weighted by atomic mass is 10.2. The van der Waals surface area contributed by atoms with Gasteiger partial charge >= 0.3 is 0 Å². The fourth-order valence-corrected chi connectivity index (χ4v) is 3.56. The van der Waals surface area contributed by atoms with Crippen molar-refractivity contribution in [2.45, 2.75) is 33.2 Å². The van der Waals surface area contributed by atoms with Crippen molar-refractivity contribution in [2.24, 2.45) is 0 Å². The van der Waals surface area contributed by atoms with Crippen LogP contribution in [0.2, 0.25) is 0 Å². The number of hydrogen-bond acceptors (Lipinski definition) is 4. The number of nitrogens with zero attached hydrogens (tertiary/aromatic N) is 3. The fraction of sp³-hybridized carbons (Fsp3) is 0.227. The third kappa shape index (κ3) is 3.35. The smallest absolute Gasteiger partial charge is 0.257 e. The maximum absolute atomic E-state index is 13.1. The lowest BCUT2D eigenvalue weighted by molar-refractivity contribution is 0.0941. The highest BCUT2D eigenvalue weighted by Crippen LogP contribution is 2.32. The van der Waals surface area contributed by atoms with Gasteiger partial charge in [0.25, 0.3) is 5.91 Å². The van der Waals surface area contributed by atoms with Gasteiger partial charge in [0.15, 0.2) is 5.65 Å². The molecule has 0 bridgehead atoms. The third-order valence-corrected chi connectivity index (χ3v) is 6.00. The average molecular weight is 452 g/mol. The minimum Gasteiger partial charge on any atom is -0.384 e. The van der Waals surface area contributed by atoms with Crippen LogP contribution in [0.5, 0.6) is 0 Å². The number of benzene rings is 2. The molecule has 7 heteroatoms. The quantitative estimate of drug-likeness (QED) is 0.468. The number of carbonyl (C=O) groups excluding carboxylic acids is 1. The van der Waals surface area contributed by atoms with Crippen LogP contribution in [0.15, 0.2) is 46.9 Å². The van der Waals surface area contributed by atoms with Crippen LogP contribution in [-0.4, -0.2) is 26.5 Å². The number of fused-ring (bicyclic) bond motifs is 2. The first-order valence-electron chi connectivity index (χ1n) is 9.54. The van der Waals surface area contributed by atoms with Gasteiger partial charge in [-0.2, -0.15) is 0 Å². The molecule has 0 fully saturated rings. The van der Waals surface area contributed by atoms with Crippen molar-refractivity contribution in [2.75, 3.05) is 5.73 Å². The summed E-state index contributed by atoms with van der Waals surface area (Å²) in [5, 5.41) is 3.00. The number of nitrogens with two attached hydrogens (primary N) is 1. The number of para-hydroxylation sites is 2. The molecule has 1 amide bonds. The highest BCUT2D eigenvalue weighted by atomic mass is 79.9. The summed E-state index contributed by atoms with van der Waals surface area (Å²) in [6, 6.07) is 13.6. The van der Waals surface area contributed by atoms with Crippen LogP contribution in [-0.2, 0) is 0 Å². The van der Waals surface area contributed by atoms with Gasteiger partial charge in [-0.15, -0.1) is 0 Å². The molecule has 0 unspecified atom stereocenters. The molecule has 2 aromatic heterocycles. The maximum atomic E-state index is 13.1. The van der Waals surface area contributed by atoms with Gasteiger partial charge in [0.2, 0.25) is 0 Å². The zero-order valence-corrected chi connectivity index (χ0v) is 18.1. The minimum absolute atomic E-state index is 0.0311. The molecule has 0 saturated heterocycles. The summed E-state index contributed by atoms with van der Waals surface area (Å²) in [5.41, 5.74) is 11.3. The first-order valence-corrected chi connectivity index (χ1v) is 10.3. The number of halogens is 1. The SMILES string of the molecule is CC[C@@H](C)NC(=O)c1c(N)n(-c2ccc(Br)c(C)c2)c2nc3ccccc3nc12. The Kier molecular flexibility index (Phi) is 5.00. The van der Waals surface area contributed by atoms with E-state index in [2.05, 4.69) is 21.2 Å². The van der Waals surface area contributed by atoms with E-state index in [1.807, 2.05) is 63.2 Å². The van der Waals surface area contributed by atoms with Crippen LogP contribution in [0.25, 0.3) is 27.9 Å². The van der Waals surface area contributed by atoms with Gasteiger partial charge in [0, 0.05) is 16.2 Å². The third-order valence-electron chi connectivity index (χ3n) is 5.11. The number of rotatable bonds is 4. The van der Waals surface area contributed by atoms with Gasteiger partial charge in [-0.25, -0.2) is 9.97 Å². The number of nitrogen functional groups attached to an aromatic ring is 1. The van der Waals surface area contributed by atoms with E-state index in [0.29, 0.717) is 22.5 Å². The molecule has 0 spiro atoms. The van der Waals surface area contributed by atoms with Crippen molar-refractivity contribution < 1.29 is 4.79 Å². The second-order valence-electron chi connectivity index (χ2n) is 7.20. The largest absolute Gasteiger partial charge is 0.384 e. The molecule has 0 aliphatic rings. The molecule has 6 nitrogen and oxygen atoms in total. The predicted octanol–water partition coefficient (Wildman–Crippen LogP) is 4.76. The zero-order valence-electron chi connectivity index (χ0n) is 16.5. The van der Waals surface area contributed by atoms with Crippen molar-refractivity contribution in [3.8, 4) is 5.69 Å². The van der Waals surface area contributed by atoms with Gasteiger partial charge in [-0.1, -0.05) is 35.0 Å². The van der Waals surface area contributed by atoms with Crippen molar-refractivity contribution in [1.29, 1.82) is 0 Å². The standard InChI is InChI=1S/C22H22BrN5O/c1-4-13(3)25-22(29)18-19-21(27-17-8-6-5-7-16(17)26-19)28(20(18)24)14-9-10-15(23)12(2)11-14/h5-11,13H,4,24H2,1-3H3,(H,25,29)/t13-/m1/s1. The molecule has 29 heavy (non-hydrogen) atoms. The second kappa shape index (κ2) is 7.48. The van der Waals surface area contributed by atoms with Crippen LogP contribution < -0.4 is 11.1 Å². The maximum Gasteiger partial charge on any atom is 0.257 e. The van der Waals surface area contributed by atoms with Gasteiger partial charge in [0.1, 0.15) is 16.9 Å².